The molecule has 0 saturated heterocycles. The van der Waals surface area contributed by atoms with Gasteiger partial charge in [0, 0.05) is 11.9 Å². The average molecular weight is 255 g/mol. The Kier molecular flexibility index (Phi) is 2.46. The van der Waals surface area contributed by atoms with Crippen LogP contribution in [0.15, 0.2) is 22.8 Å². The lowest BCUT2D eigenvalue weighted by molar-refractivity contribution is 0.416. The van der Waals surface area contributed by atoms with Crippen LogP contribution in [0.2, 0.25) is 0 Å². The predicted molar refractivity (Wildman–Crippen MR) is 59.7 cm³/mol. The Morgan fingerprint density at radius 3 is 2.93 bits per heavy atom. The summed E-state index contributed by atoms with van der Waals surface area (Å²) in [5.74, 6) is 0.863. The lowest BCUT2D eigenvalue weighted by atomic mass is 10.2. The highest BCUT2D eigenvalue weighted by molar-refractivity contribution is 9.10. The molecular weight excluding hydrogens is 244 g/mol. The first-order valence-electron chi connectivity index (χ1n) is 4.47. The second kappa shape index (κ2) is 3.61. The van der Waals surface area contributed by atoms with Crippen LogP contribution in [0.1, 0.15) is 6.92 Å². The second-order valence-electron chi connectivity index (χ2n) is 2.96. The van der Waals surface area contributed by atoms with Crippen molar-refractivity contribution in [1.82, 2.24) is 9.78 Å². The van der Waals surface area contributed by atoms with E-state index in [1.165, 1.54) is 0 Å². The van der Waals surface area contributed by atoms with Crippen molar-refractivity contribution in [3.05, 3.63) is 22.8 Å². The first-order chi connectivity index (χ1) is 6.77. The monoisotopic (exact) mass is 254 g/mol. The molecule has 2 aromatic rings. The number of halogens is 1. The van der Waals surface area contributed by atoms with E-state index < -0.39 is 0 Å². The van der Waals surface area contributed by atoms with Gasteiger partial charge >= 0.3 is 0 Å². The first kappa shape index (κ1) is 9.52. The molecule has 2 rings (SSSR count). The molecule has 1 aromatic heterocycles. The number of hydrogen-bond acceptors (Lipinski definition) is 2. The number of rotatable bonds is 2. The summed E-state index contributed by atoms with van der Waals surface area (Å²) in [7, 11) is 1.68. The Bertz CT molecular complexity index is 464. The van der Waals surface area contributed by atoms with Crippen molar-refractivity contribution >= 4 is 26.8 Å². The molecule has 0 aliphatic heterocycles. The van der Waals surface area contributed by atoms with Crippen LogP contribution in [0.25, 0.3) is 10.9 Å². The molecule has 1 heterocycles. The number of para-hydroxylation sites is 1. The van der Waals surface area contributed by atoms with Gasteiger partial charge in [-0.1, -0.05) is 6.07 Å². The smallest absolute Gasteiger partial charge is 0.144 e. The summed E-state index contributed by atoms with van der Waals surface area (Å²) in [5.41, 5.74) is 1.05. The Morgan fingerprint density at radius 2 is 2.29 bits per heavy atom. The molecule has 0 radical (unpaired) electrons. The van der Waals surface area contributed by atoms with Crippen molar-refractivity contribution < 1.29 is 4.74 Å². The quantitative estimate of drug-likeness (QED) is 0.825. The Morgan fingerprint density at radius 1 is 1.50 bits per heavy atom. The van der Waals surface area contributed by atoms with E-state index >= 15 is 0 Å². The molecule has 0 N–H and O–H groups in total. The van der Waals surface area contributed by atoms with Gasteiger partial charge in [-0.3, -0.25) is 4.68 Å². The molecule has 1 aromatic carbocycles. The SMILES string of the molecule is CCn1nc(Br)c2cccc(OC)c21. The number of aromatic nitrogens is 2. The van der Waals surface area contributed by atoms with Gasteiger partial charge in [0.25, 0.3) is 0 Å². The van der Waals surface area contributed by atoms with E-state index in [9.17, 15) is 0 Å². The predicted octanol–water partition coefficient (Wildman–Crippen LogP) is 2.83. The fourth-order valence-corrected chi connectivity index (χ4v) is 2.07. The molecular formula is C10H11BrN2O. The Labute approximate surface area is 90.8 Å². The van der Waals surface area contributed by atoms with Crippen molar-refractivity contribution in [1.29, 1.82) is 0 Å². The number of fused-ring (bicyclic) bond motifs is 1. The zero-order valence-corrected chi connectivity index (χ0v) is 9.71. The largest absolute Gasteiger partial charge is 0.494 e. The van der Waals surface area contributed by atoms with Crippen LogP contribution < -0.4 is 4.74 Å². The van der Waals surface area contributed by atoms with Gasteiger partial charge in [-0.2, -0.15) is 5.10 Å². The molecule has 3 nitrogen and oxygen atoms in total. The lowest BCUT2D eigenvalue weighted by Gasteiger charge is -2.04. The van der Waals surface area contributed by atoms with Gasteiger partial charge in [-0.15, -0.1) is 0 Å². The number of ether oxygens (including phenoxy) is 1. The van der Waals surface area contributed by atoms with Gasteiger partial charge in [0.1, 0.15) is 15.9 Å². The summed E-state index contributed by atoms with van der Waals surface area (Å²) in [6, 6.07) is 5.94. The first-order valence-corrected chi connectivity index (χ1v) is 5.26. The highest BCUT2D eigenvalue weighted by Crippen LogP contribution is 2.30. The number of methoxy groups -OCH3 is 1. The number of aryl methyl sites for hydroxylation is 1. The summed E-state index contributed by atoms with van der Waals surface area (Å²) in [6.45, 7) is 2.90. The summed E-state index contributed by atoms with van der Waals surface area (Å²) in [6.07, 6.45) is 0. The van der Waals surface area contributed by atoms with Crippen molar-refractivity contribution in [3.8, 4) is 5.75 Å². The van der Waals surface area contributed by atoms with Crippen LogP contribution in [0, 0.1) is 0 Å². The number of benzene rings is 1. The highest BCUT2D eigenvalue weighted by Gasteiger charge is 2.11. The molecule has 14 heavy (non-hydrogen) atoms. The summed E-state index contributed by atoms with van der Waals surface area (Å²) in [5, 5.41) is 5.46. The van der Waals surface area contributed by atoms with Crippen molar-refractivity contribution in [2.24, 2.45) is 0 Å². The van der Waals surface area contributed by atoms with Crippen LogP contribution in [0.3, 0.4) is 0 Å². The molecule has 0 fully saturated rings. The average Bonchev–Trinajstić information content (AvgIpc) is 2.56. The van der Waals surface area contributed by atoms with E-state index in [0.29, 0.717) is 0 Å². The van der Waals surface area contributed by atoms with E-state index in [1.54, 1.807) is 7.11 Å². The van der Waals surface area contributed by atoms with Crippen molar-refractivity contribution in [2.75, 3.05) is 7.11 Å². The molecule has 0 atom stereocenters. The van der Waals surface area contributed by atoms with Gasteiger partial charge in [-0.05, 0) is 35.0 Å². The zero-order chi connectivity index (χ0) is 10.1. The molecule has 0 aliphatic rings. The Hall–Kier alpha value is -1.03. The zero-order valence-electron chi connectivity index (χ0n) is 8.12. The standard InChI is InChI=1S/C10H11BrN2O/c1-3-13-9-7(10(11)12-13)5-4-6-8(9)14-2/h4-6H,3H2,1-2H3. The molecule has 0 bridgehead atoms. The molecule has 4 heteroatoms. The van der Waals surface area contributed by atoms with Crippen LogP contribution in [-0.4, -0.2) is 16.9 Å². The molecule has 74 valence electrons. The maximum atomic E-state index is 5.30. The molecule has 0 unspecified atom stereocenters. The van der Waals surface area contributed by atoms with Crippen LogP contribution in [0.4, 0.5) is 0 Å². The van der Waals surface area contributed by atoms with E-state index in [4.69, 9.17) is 4.74 Å². The van der Waals surface area contributed by atoms with E-state index in [2.05, 4.69) is 28.0 Å². The summed E-state index contributed by atoms with van der Waals surface area (Å²) < 4.78 is 8.10. The molecule has 0 aliphatic carbocycles. The van der Waals surface area contributed by atoms with Gasteiger partial charge < -0.3 is 4.74 Å². The van der Waals surface area contributed by atoms with E-state index in [1.807, 2.05) is 22.9 Å². The lowest BCUT2D eigenvalue weighted by Crippen LogP contribution is -1.97. The van der Waals surface area contributed by atoms with Crippen molar-refractivity contribution in [3.63, 3.8) is 0 Å². The minimum atomic E-state index is 0.836. The van der Waals surface area contributed by atoms with Crippen molar-refractivity contribution in [2.45, 2.75) is 13.5 Å². The maximum Gasteiger partial charge on any atom is 0.144 e. The van der Waals surface area contributed by atoms with E-state index in [0.717, 1.165) is 27.8 Å². The second-order valence-corrected chi connectivity index (χ2v) is 3.71. The van der Waals surface area contributed by atoms with Gasteiger partial charge in [0.05, 0.1) is 7.11 Å². The summed E-state index contributed by atoms with van der Waals surface area (Å²) >= 11 is 3.43. The molecule has 0 saturated carbocycles. The number of nitrogens with zero attached hydrogens (tertiary/aromatic N) is 2. The van der Waals surface area contributed by atoms with E-state index in [-0.39, 0.29) is 0 Å². The fourth-order valence-electron chi connectivity index (χ4n) is 1.56. The minimum absolute atomic E-state index is 0.836. The van der Waals surface area contributed by atoms with Crippen LogP contribution in [-0.2, 0) is 6.54 Å². The summed E-state index contributed by atoms with van der Waals surface area (Å²) in [4.78, 5) is 0. The van der Waals surface area contributed by atoms with Crippen LogP contribution >= 0.6 is 15.9 Å². The third-order valence-corrected chi connectivity index (χ3v) is 2.79. The molecule has 0 spiro atoms. The maximum absolute atomic E-state index is 5.30. The van der Waals surface area contributed by atoms with Crippen LogP contribution in [0.5, 0.6) is 5.75 Å². The highest BCUT2D eigenvalue weighted by atomic mass is 79.9. The van der Waals surface area contributed by atoms with Gasteiger partial charge in [0.2, 0.25) is 0 Å². The Balaban J connectivity index is 2.82. The normalized spacial score (nSPS) is 10.8. The molecule has 0 amide bonds. The third-order valence-electron chi connectivity index (χ3n) is 2.21. The van der Waals surface area contributed by atoms with Gasteiger partial charge in [0.15, 0.2) is 0 Å². The third kappa shape index (κ3) is 1.30. The fraction of sp³-hybridized carbons (Fsp3) is 0.300. The van der Waals surface area contributed by atoms with Gasteiger partial charge in [-0.25, -0.2) is 0 Å². The topological polar surface area (TPSA) is 27.1 Å². The minimum Gasteiger partial charge on any atom is -0.494 e. The number of hydrogen-bond donors (Lipinski definition) is 0.